The highest BCUT2D eigenvalue weighted by molar-refractivity contribution is 9.10. The van der Waals surface area contributed by atoms with Crippen molar-refractivity contribution in [3.63, 3.8) is 0 Å². The van der Waals surface area contributed by atoms with Crippen LogP contribution in [0.1, 0.15) is 34.0 Å². The second kappa shape index (κ2) is 8.81. The van der Waals surface area contributed by atoms with Gasteiger partial charge in [0.25, 0.3) is 0 Å². The summed E-state index contributed by atoms with van der Waals surface area (Å²) in [6, 6.07) is 10.9. The minimum absolute atomic E-state index is 0.227. The normalized spacial score (nSPS) is 12.0. The van der Waals surface area contributed by atoms with E-state index in [-0.39, 0.29) is 5.78 Å². The van der Waals surface area contributed by atoms with Crippen LogP contribution in [0.25, 0.3) is 6.08 Å². The van der Waals surface area contributed by atoms with E-state index in [9.17, 15) is 9.59 Å². The smallest absolute Gasteiger partial charge is 0.331 e. The van der Waals surface area contributed by atoms with Gasteiger partial charge in [-0.05, 0) is 62.2 Å². The molecule has 0 aliphatic rings. The summed E-state index contributed by atoms with van der Waals surface area (Å²) in [5.74, 6) is -0.178. The zero-order valence-corrected chi connectivity index (χ0v) is 16.8. The fourth-order valence-electron chi connectivity index (χ4n) is 2.39. The maximum absolute atomic E-state index is 12.4. The Balaban J connectivity index is 2.06. The molecule has 2 rings (SSSR count). The van der Waals surface area contributed by atoms with Crippen molar-refractivity contribution in [1.29, 1.82) is 0 Å². The number of esters is 1. The molecule has 5 heteroatoms. The van der Waals surface area contributed by atoms with Crippen LogP contribution >= 0.6 is 15.9 Å². The topological polar surface area (TPSA) is 52.6 Å². The van der Waals surface area contributed by atoms with E-state index in [1.165, 1.54) is 6.08 Å². The number of ketones is 1. The van der Waals surface area contributed by atoms with Crippen LogP contribution in [-0.2, 0) is 9.53 Å². The SMILES string of the molecule is COc1ccc(Br)cc1/C=C/C(=O)O[C@@H](C)C(=O)c1ccc(C)c(C)c1. The molecule has 0 aliphatic carbocycles. The van der Waals surface area contributed by atoms with E-state index in [1.807, 2.05) is 38.1 Å². The average molecular weight is 417 g/mol. The predicted octanol–water partition coefficient (Wildman–Crippen LogP) is 4.90. The summed E-state index contributed by atoms with van der Waals surface area (Å²) in [5.41, 5.74) is 3.39. The van der Waals surface area contributed by atoms with Gasteiger partial charge in [-0.25, -0.2) is 4.79 Å². The quantitative estimate of drug-likeness (QED) is 0.381. The lowest BCUT2D eigenvalue weighted by Gasteiger charge is -2.12. The minimum atomic E-state index is -0.862. The first-order chi connectivity index (χ1) is 12.3. The Labute approximate surface area is 162 Å². The number of aryl methyl sites for hydroxylation is 2. The standard InChI is InChI=1S/C21H21BrO4/c1-13-5-6-17(11-14(13)2)21(24)15(3)26-20(23)10-7-16-12-18(22)8-9-19(16)25-4/h5-12,15H,1-4H3/b10-7+/t15-/m0/s1. The van der Waals surface area contributed by atoms with Gasteiger partial charge in [0, 0.05) is 21.7 Å². The molecule has 2 aromatic rings. The third kappa shape index (κ3) is 5.05. The second-order valence-electron chi connectivity index (χ2n) is 5.96. The lowest BCUT2D eigenvalue weighted by molar-refractivity contribution is -0.140. The van der Waals surface area contributed by atoms with E-state index in [0.717, 1.165) is 21.2 Å². The molecular weight excluding hydrogens is 396 g/mol. The molecule has 0 saturated heterocycles. The lowest BCUT2D eigenvalue weighted by atomic mass is 10.0. The van der Waals surface area contributed by atoms with E-state index < -0.39 is 12.1 Å². The first kappa shape index (κ1) is 19.9. The van der Waals surface area contributed by atoms with E-state index in [0.29, 0.717) is 11.3 Å². The van der Waals surface area contributed by atoms with Gasteiger partial charge >= 0.3 is 5.97 Å². The maximum Gasteiger partial charge on any atom is 0.331 e. The van der Waals surface area contributed by atoms with E-state index in [2.05, 4.69) is 15.9 Å². The molecule has 0 saturated carbocycles. The van der Waals surface area contributed by atoms with Gasteiger partial charge in [-0.3, -0.25) is 4.79 Å². The van der Waals surface area contributed by atoms with Crippen LogP contribution in [0.2, 0.25) is 0 Å². The molecule has 0 radical (unpaired) electrons. The molecule has 0 aliphatic heterocycles. The van der Waals surface area contributed by atoms with Crippen LogP contribution < -0.4 is 4.74 Å². The van der Waals surface area contributed by atoms with Gasteiger partial charge in [0.2, 0.25) is 5.78 Å². The number of carbonyl (C=O) groups excluding carboxylic acids is 2. The van der Waals surface area contributed by atoms with Crippen LogP contribution in [0.3, 0.4) is 0 Å². The molecule has 0 spiro atoms. The Bertz CT molecular complexity index is 855. The Kier molecular flexibility index (Phi) is 6.75. The first-order valence-corrected chi connectivity index (χ1v) is 8.95. The third-order valence-corrected chi connectivity index (χ3v) is 4.54. The largest absolute Gasteiger partial charge is 0.496 e. The zero-order chi connectivity index (χ0) is 19.3. The van der Waals surface area contributed by atoms with Gasteiger partial charge in [-0.15, -0.1) is 0 Å². The highest BCUT2D eigenvalue weighted by Gasteiger charge is 2.19. The number of carbonyl (C=O) groups is 2. The second-order valence-corrected chi connectivity index (χ2v) is 6.88. The molecule has 0 heterocycles. The monoisotopic (exact) mass is 416 g/mol. The number of methoxy groups -OCH3 is 1. The van der Waals surface area contributed by atoms with Crippen LogP contribution in [0.4, 0.5) is 0 Å². The van der Waals surface area contributed by atoms with Crippen molar-refractivity contribution in [3.8, 4) is 5.75 Å². The van der Waals surface area contributed by atoms with Crippen LogP contribution in [0.5, 0.6) is 5.75 Å². The molecule has 26 heavy (non-hydrogen) atoms. The molecule has 0 unspecified atom stereocenters. The molecule has 1 atom stereocenters. The van der Waals surface area contributed by atoms with Gasteiger partial charge in [-0.2, -0.15) is 0 Å². The fraction of sp³-hybridized carbons (Fsp3) is 0.238. The molecule has 0 bridgehead atoms. The summed E-state index contributed by atoms with van der Waals surface area (Å²) < 4.78 is 11.4. The van der Waals surface area contributed by atoms with Crippen LogP contribution in [0, 0.1) is 13.8 Å². The number of rotatable bonds is 6. The summed E-state index contributed by atoms with van der Waals surface area (Å²) in [5, 5.41) is 0. The molecule has 0 amide bonds. The number of halogens is 1. The zero-order valence-electron chi connectivity index (χ0n) is 15.2. The Morgan fingerprint density at radius 1 is 1.08 bits per heavy atom. The summed E-state index contributed by atoms with van der Waals surface area (Å²) in [6.45, 7) is 5.49. The lowest BCUT2D eigenvalue weighted by Crippen LogP contribution is -2.23. The Morgan fingerprint density at radius 3 is 2.46 bits per heavy atom. The number of benzene rings is 2. The maximum atomic E-state index is 12.4. The summed E-state index contributed by atoms with van der Waals surface area (Å²) >= 11 is 3.38. The van der Waals surface area contributed by atoms with Crippen molar-refractivity contribution >= 4 is 33.8 Å². The average Bonchev–Trinajstić information content (AvgIpc) is 2.61. The number of hydrogen-bond donors (Lipinski definition) is 0. The van der Waals surface area contributed by atoms with Crippen molar-refractivity contribution in [2.75, 3.05) is 7.11 Å². The van der Waals surface area contributed by atoms with Gasteiger partial charge in [0.15, 0.2) is 6.10 Å². The highest BCUT2D eigenvalue weighted by Crippen LogP contribution is 2.24. The van der Waals surface area contributed by atoms with Crippen molar-refractivity contribution in [1.82, 2.24) is 0 Å². The predicted molar refractivity (Wildman–Crippen MR) is 106 cm³/mol. The third-order valence-electron chi connectivity index (χ3n) is 4.04. The number of Topliss-reactive ketones (excluding diaryl/α,β-unsaturated/α-hetero) is 1. The summed E-state index contributed by atoms with van der Waals surface area (Å²) in [6.07, 6.45) is 2.02. The van der Waals surface area contributed by atoms with E-state index in [4.69, 9.17) is 9.47 Å². The first-order valence-electron chi connectivity index (χ1n) is 8.15. The Hall–Kier alpha value is -2.40. The minimum Gasteiger partial charge on any atom is -0.496 e. The molecule has 136 valence electrons. The van der Waals surface area contributed by atoms with E-state index >= 15 is 0 Å². The van der Waals surface area contributed by atoms with Gasteiger partial charge in [-0.1, -0.05) is 28.1 Å². The van der Waals surface area contributed by atoms with Gasteiger partial charge in [0.1, 0.15) is 5.75 Å². The van der Waals surface area contributed by atoms with Crippen molar-refractivity contribution in [2.24, 2.45) is 0 Å². The molecule has 4 nitrogen and oxygen atoms in total. The number of hydrogen-bond acceptors (Lipinski definition) is 4. The summed E-state index contributed by atoms with van der Waals surface area (Å²) in [4.78, 5) is 24.5. The van der Waals surface area contributed by atoms with Crippen LogP contribution in [0.15, 0.2) is 46.9 Å². The molecule has 0 N–H and O–H groups in total. The Morgan fingerprint density at radius 2 is 1.81 bits per heavy atom. The fourth-order valence-corrected chi connectivity index (χ4v) is 2.77. The van der Waals surface area contributed by atoms with Crippen molar-refractivity contribution in [2.45, 2.75) is 26.9 Å². The molecule has 0 fully saturated rings. The molecule has 0 aromatic heterocycles. The summed E-state index contributed by atoms with van der Waals surface area (Å²) in [7, 11) is 1.56. The molecule has 2 aromatic carbocycles. The van der Waals surface area contributed by atoms with Crippen LogP contribution in [-0.4, -0.2) is 25.0 Å². The van der Waals surface area contributed by atoms with Gasteiger partial charge < -0.3 is 9.47 Å². The molecular formula is C21H21BrO4. The van der Waals surface area contributed by atoms with E-state index in [1.54, 1.807) is 32.2 Å². The highest BCUT2D eigenvalue weighted by atomic mass is 79.9. The van der Waals surface area contributed by atoms with Crippen molar-refractivity contribution < 1.29 is 19.1 Å². The number of ether oxygens (including phenoxy) is 2. The van der Waals surface area contributed by atoms with Crippen molar-refractivity contribution in [3.05, 3.63) is 69.2 Å². The van der Waals surface area contributed by atoms with Gasteiger partial charge in [0.05, 0.1) is 7.11 Å².